The van der Waals surface area contributed by atoms with E-state index in [-0.39, 0.29) is 0 Å². The number of piperidine rings is 1. The third-order valence-electron chi connectivity index (χ3n) is 4.46. The maximum atomic E-state index is 11.0. The van der Waals surface area contributed by atoms with E-state index in [0.717, 1.165) is 5.56 Å². The molecule has 2 rings (SSSR count). The molecule has 1 aromatic carbocycles. The largest absolute Gasteiger partial charge is 0.465 e. The molecule has 0 atom stereocenters. The number of aliphatic hydroxyl groups is 1. The van der Waals surface area contributed by atoms with Gasteiger partial charge >= 0.3 is 6.09 Å². The predicted molar refractivity (Wildman–Crippen MR) is 78.3 cm³/mol. The maximum absolute atomic E-state index is 11.0. The van der Waals surface area contributed by atoms with Crippen molar-refractivity contribution in [2.45, 2.75) is 37.7 Å². The van der Waals surface area contributed by atoms with Gasteiger partial charge in [-0.05, 0) is 44.4 Å². The fourth-order valence-electron chi connectivity index (χ4n) is 3.10. The Labute approximate surface area is 124 Å². The highest BCUT2D eigenvalue weighted by molar-refractivity contribution is 6.30. The van der Waals surface area contributed by atoms with Crippen molar-refractivity contribution in [2.24, 2.45) is 0 Å². The summed E-state index contributed by atoms with van der Waals surface area (Å²) in [6.07, 6.45) is 0.306. The molecule has 0 bridgehead atoms. The summed E-state index contributed by atoms with van der Waals surface area (Å²) in [5.74, 6) is 0. The van der Waals surface area contributed by atoms with Gasteiger partial charge in [0.15, 0.2) is 0 Å². The fourth-order valence-corrected chi connectivity index (χ4v) is 3.23. The molecular weight excluding hydrogens is 278 g/mol. The molecule has 1 heterocycles. The Morgan fingerprint density at radius 2 is 1.75 bits per heavy atom. The molecule has 1 amide bonds. The second-order valence-electron chi connectivity index (χ2n) is 5.92. The third kappa shape index (κ3) is 2.63. The van der Waals surface area contributed by atoms with Crippen molar-refractivity contribution in [1.29, 1.82) is 0 Å². The molecule has 0 unspecified atom stereocenters. The summed E-state index contributed by atoms with van der Waals surface area (Å²) in [5.41, 5.74) is -0.353. The van der Waals surface area contributed by atoms with Gasteiger partial charge in [0.2, 0.25) is 0 Å². The molecule has 2 N–H and O–H groups in total. The molecule has 0 aromatic heterocycles. The molecule has 0 radical (unpaired) electrons. The molecule has 1 aliphatic rings. The van der Waals surface area contributed by atoms with E-state index in [1.54, 1.807) is 13.8 Å². The lowest BCUT2D eigenvalue weighted by atomic mass is 9.63. The normalized spacial score (nSPS) is 18.9. The quantitative estimate of drug-likeness (QED) is 0.881. The number of hydrogen-bond donors (Lipinski definition) is 2. The smallest absolute Gasteiger partial charge is 0.407 e. The summed E-state index contributed by atoms with van der Waals surface area (Å²) in [5, 5.41) is 20.4. The van der Waals surface area contributed by atoms with Crippen molar-refractivity contribution in [1.82, 2.24) is 4.90 Å². The van der Waals surface area contributed by atoms with E-state index in [0.29, 0.717) is 31.0 Å². The number of rotatable bonds is 2. The van der Waals surface area contributed by atoms with Gasteiger partial charge in [0.05, 0.1) is 5.60 Å². The van der Waals surface area contributed by atoms with Crippen LogP contribution in [0.5, 0.6) is 0 Å². The number of halogens is 1. The number of benzene rings is 1. The summed E-state index contributed by atoms with van der Waals surface area (Å²) in [6, 6.07) is 7.48. The molecule has 1 aromatic rings. The van der Waals surface area contributed by atoms with Crippen molar-refractivity contribution in [3.05, 3.63) is 34.9 Å². The summed E-state index contributed by atoms with van der Waals surface area (Å²) >= 11 is 5.93. The number of nitrogens with zero attached hydrogens (tertiary/aromatic N) is 1. The van der Waals surface area contributed by atoms with Crippen LogP contribution in [-0.2, 0) is 5.41 Å². The first-order valence-electron chi connectivity index (χ1n) is 6.72. The Morgan fingerprint density at radius 3 is 2.15 bits per heavy atom. The second kappa shape index (κ2) is 5.26. The van der Waals surface area contributed by atoms with Crippen LogP contribution in [0.4, 0.5) is 4.79 Å². The van der Waals surface area contributed by atoms with Gasteiger partial charge in [0, 0.05) is 23.5 Å². The van der Waals surface area contributed by atoms with Gasteiger partial charge in [-0.1, -0.05) is 23.7 Å². The zero-order valence-electron chi connectivity index (χ0n) is 11.8. The van der Waals surface area contributed by atoms with E-state index >= 15 is 0 Å². The van der Waals surface area contributed by atoms with E-state index in [1.807, 2.05) is 24.3 Å². The molecule has 20 heavy (non-hydrogen) atoms. The first-order chi connectivity index (χ1) is 9.26. The Kier molecular flexibility index (Phi) is 3.98. The van der Waals surface area contributed by atoms with Crippen molar-refractivity contribution < 1.29 is 15.0 Å². The van der Waals surface area contributed by atoms with Gasteiger partial charge < -0.3 is 15.1 Å². The first kappa shape index (κ1) is 15.1. The topological polar surface area (TPSA) is 60.8 Å². The second-order valence-corrected chi connectivity index (χ2v) is 6.35. The van der Waals surface area contributed by atoms with Gasteiger partial charge in [-0.3, -0.25) is 0 Å². The average Bonchev–Trinajstić information content (AvgIpc) is 2.38. The molecule has 0 aliphatic carbocycles. The molecule has 1 fully saturated rings. The van der Waals surface area contributed by atoms with Crippen LogP contribution in [-0.4, -0.2) is 39.9 Å². The molecule has 1 saturated heterocycles. The minimum atomic E-state index is -0.925. The number of carboxylic acid groups (broad SMARTS) is 1. The summed E-state index contributed by atoms with van der Waals surface area (Å²) in [4.78, 5) is 12.4. The number of amides is 1. The van der Waals surface area contributed by atoms with E-state index in [9.17, 15) is 9.90 Å². The highest BCUT2D eigenvalue weighted by Crippen LogP contribution is 2.44. The van der Waals surface area contributed by atoms with Crippen LogP contribution < -0.4 is 0 Å². The minimum absolute atomic E-state index is 0.432. The Balaban J connectivity index is 2.34. The van der Waals surface area contributed by atoms with E-state index in [4.69, 9.17) is 16.7 Å². The van der Waals surface area contributed by atoms with Crippen LogP contribution in [0.1, 0.15) is 32.3 Å². The fraction of sp³-hybridized carbons (Fsp3) is 0.533. The highest BCUT2D eigenvalue weighted by atomic mass is 35.5. The van der Waals surface area contributed by atoms with Crippen molar-refractivity contribution in [3.63, 3.8) is 0 Å². The predicted octanol–water partition coefficient (Wildman–Crippen LogP) is 3.12. The molecule has 110 valence electrons. The van der Waals surface area contributed by atoms with E-state index in [2.05, 4.69) is 0 Å². The lowest BCUT2D eigenvalue weighted by Gasteiger charge is -2.48. The third-order valence-corrected chi connectivity index (χ3v) is 4.71. The first-order valence-corrected chi connectivity index (χ1v) is 7.10. The van der Waals surface area contributed by atoms with Crippen LogP contribution in [0.25, 0.3) is 0 Å². The van der Waals surface area contributed by atoms with Crippen LogP contribution in [0.2, 0.25) is 5.02 Å². The van der Waals surface area contributed by atoms with Gasteiger partial charge in [-0.15, -0.1) is 0 Å². The number of carbonyl (C=O) groups is 1. The monoisotopic (exact) mass is 297 g/mol. The molecular formula is C15H20ClNO3. The van der Waals surface area contributed by atoms with Gasteiger partial charge in [-0.25, -0.2) is 4.79 Å². The zero-order valence-corrected chi connectivity index (χ0v) is 12.5. The lowest BCUT2D eigenvalue weighted by molar-refractivity contribution is -0.0367. The number of likely N-dealkylation sites (tertiary alicyclic amines) is 1. The highest BCUT2D eigenvalue weighted by Gasteiger charge is 2.47. The van der Waals surface area contributed by atoms with Crippen LogP contribution in [0.3, 0.4) is 0 Å². The number of hydrogen-bond acceptors (Lipinski definition) is 2. The Bertz CT molecular complexity index is 485. The van der Waals surface area contributed by atoms with E-state index in [1.165, 1.54) is 4.90 Å². The molecule has 0 saturated carbocycles. The molecule has 5 heteroatoms. The van der Waals surface area contributed by atoms with Crippen molar-refractivity contribution in [2.75, 3.05) is 13.1 Å². The van der Waals surface area contributed by atoms with Crippen molar-refractivity contribution in [3.8, 4) is 0 Å². The van der Waals surface area contributed by atoms with Gasteiger partial charge in [0.25, 0.3) is 0 Å². The van der Waals surface area contributed by atoms with Crippen LogP contribution >= 0.6 is 11.6 Å². The lowest BCUT2D eigenvalue weighted by Crippen LogP contribution is -2.55. The van der Waals surface area contributed by atoms with Crippen LogP contribution in [0, 0.1) is 0 Å². The molecule has 1 aliphatic heterocycles. The Hall–Kier alpha value is -1.26. The molecule has 4 nitrogen and oxygen atoms in total. The zero-order chi connectivity index (χ0) is 15.0. The maximum Gasteiger partial charge on any atom is 0.407 e. The molecule has 0 spiro atoms. The summed E-state index contributed by atoms with van der Waals surface area (Å²) in [6.45, 7) is 4.44. The average molecular weight is 298 g/mol. The van der Waals surface area contributed by atoms with Gasteiger partial charge in [-0.2, -0.15) is 0 Å². The van der Waals surface area contributed by atoms with Gasteiger partial charge in [0.1, 0.15) is 0 Å². The SMILES string of the molecule is CC(C)(O)C1(c2ccc(Cl)cc2)CCN(C(=O)O)CC1. The summed E-state index contributed by atoms with van der Waals surface area (Å²) < 4.78 is 0. The van der Waals surface area contributed by atoms with E-state index < -0.39 is 17.1 Å². The Morgan fingerprint density at radius 1 is 1.25 bits per heavy atom. The van der Waals surface area contributed by atoms with Crippen molar-refractivity contribution >= 4 is 17.7 Å². The minimum Gasteiger partial charge on any atom is -0.465 e. The van der Waals surface area contributed by atoms with Crippen LogP contribution in [0.15, 0.2) is 24.3 Å². The summed E-state index contributed by atoms with van der Waals surface area (Å²) in [7, 11) is 0. The standard InChI is InChI=1S/C15H20ClNO3/c1-14(2,20)15(11-3-5-12(16)6-4-11)7-9-17(10-8-15)13(18)19/h3-6,20H,7-10H2,1-2H3,(H,18,19).